The van der Waals surface area contributed by atoms with Gasteiger partial charge in [0.2, 0.25) is 0 Å². The van der Waals surface area contributed by atoms with Gasteiger partial charge in [0.25, 0.3) is 5.91 Å². The van der Waals surface area contributed by atoms with Crippen LogP contribution in [-0.2, 0) is 0 Å². The van der Waals surface area contributed by atoms with Gasteiger partial charge in [0.1, 0.15) is 5.65 Å². The second kappa shape index (κ2) is 3.14. The number of aromatic nitrogens is 2. The minimum Gasteiger partial charge on any atom is -0.345 e. The molecule has 1 amide bonds. The standard InChI is InChI=1S/C10H11N3O/c1-13(2)10(14)8-6-12-9-7(8)4-3-5-11-9/h3-6H,1-2H3,(H,11,12). The van der Waals surface area contributed by atoms with E-state index in [-0.39, 0.29) is 5.91 Å². The highest BCUT2D eigenvalue weighted by Gasteiger charge is 2.13. The van der Waals surface area contributed by atoms with Crippen LogP contribution in [-0.4, -0.2) is 34.9 Å². The third kappa shape index (κ3) is 1.25. The van der Waals surface area contributed by atoms with Crippen LogP contribution in [0.25, 0.3) is 11.0 Å². The van der Waals surface area contributed by atoms with Gasteiger partial charge in [0.15, 0.2) is 0 Å². The molecule has 0 atom stereocenters. The van der Waals surface area contributed by atoms with Crippen LogP contribution in [0, 0.1) is 0 Å². The molecule has 14 heavy (non-hydrogen) atoms. The molecule has 0 aliphatic heterocycles. The molecule has 72 valence electrons. The average molecular weight is 189 g/mol. The van der Waals surface area contributed by atoms with E-state index in [0.717, 1.165) is 11.0 Å². The fourth-order valence-corrected chi connectivity index (χ4v) is 1.37. The van der Waals surface area contributed by atoms with E-state index in [1.165, 1.54) is 0 Å². The largest absolute Gasteiger partial charge is 0.345 e. The van der Waals surface area contributed by atoms with Crippen LogP contribution in [0.2, 0.25) is 0 Å². The van der Waals surface area contributed by atoms with Gasteiger partial charge in [-0.2, -0.15) is 0 Å². The van der Waals surface area contributed by atoms with Gasteiger partial charge in [-0.25, -0.2) is 4.98 Å². The van der Waals surface area contributed by atoms with E-state index in [1.807, 2.05) is 12.1 Å². The van der Waals surface area contributed by atoms with Gasteiger partial charge >= 0.3 is 0 Å². The molecule has 2 aromatic rings. The van der Waals surface area contributed by atoms with Crippen LogP contribution >= 0.6 is 0 Å². The first-order valence-electron chi connectivity index (χ1n) is 4.34. The molecule has 2 heterocycles. The molecule has 0 radical (unpaired) electrons. The van der Waals surface area contributed by atoms with E-state index in [1.54, 1.807) is 31.4 Å². The first kappa shape index (κ1) is 8.74. The summed E-state index contributed by atoms with van der Waals surface area (Å²) in [5, 5.41) is 0.867. The molecule has 4 nitrogen and oxygen atoms in total. The number of nitrogens with one attached hydrogen (secondary N) is 1. The van der Waals surface area contributed by atoms with Crippen LogP contribution < -0.4 is 0 Å². The molecule has 0 saturated heterocycles. The lowest BCUT2D eigenvalue weighted by molar-refractivity contribution is 0.0829. The number of rotatable bonds is 1. The van der Waals surface area contributed by atoms with E-state index in [0.29, 0.717) is 5.56 Å². The Hall–Kier alpha value is -1.84. The molecular weight excluding hydrogens is 178 g/mol. The smallest absolute Gasteiger partial charge is 0.255 e. The zero-order valence-corrected chi connectivity index (χ0v) is 8.11. The van der Waals surface area contributed by atoms with E-state index in [9.17, 15) is 4.79 Å². The summed E-state index contributed by atoms with van der Waals surface area (Å²) in [4.78, 5) is 20.3. The Labute approximate surface area is 81.6 Å². The number of hydrogen-bond donors (Lipinski definition) is 1. The lowest BCUT2D eigenvalue weighted by Gasteiger charge is -2.08. The summed E-state index contributed by atoms with van der Waals surface area (Å²) in [6.07, 6.45) is 3.39. The fourth-order valence-electron chi connectivity index (χ4n) is 1.37. The number of H-pyrrole nitrogens is 1. The molecule has 0 unspecified atom stereocenters. The zero-order chi connectivity index (χ0) is 10.1. The van der Waals surface area contributed by atoms with Crippen molar-refractivity contribution in [3.05, 3.63) is 30.1 Å². The number of carbonyl (C=O) groups is 1. The molecule has 0 fully saturated rings. The number of amides is 1. The Balaban J connectivity index is 2.58. The summed E-state index contributed by atoms with van der Waals surface area (Å²) in [6, 6.07) is 3.71. The van der Waals surface area contributed by atoms with Gasteiger partial charge in [0, 0.05) is 31.9 Å². The second-order valence-corrected chi connectivity index (χ2v) is 3.30. The molecule has 0 spiro atoms. The quantitative estimate of drug-likeness (QED) is 0.734. The number of aromatic amines is 1. The first-order valence-corrected chi connectivity index (χ1v) is 4.34. The van der Waals surface area contributed by atoms with Crippen molar-refractivity contribution in [2.75, 3.05) is 14.1 Å². The lowest BCUT2D eigenvalue weighted by Crippen LogP contribution is -2.21. The van der Waals surface area contributed by atoms with Gasteiger partial charge in [-0.05, 0) is 12.1 Å². The summed E-state index contributed by atoms with van der Waals surface area (Å²) < 4.78 is 0. The van der Waals surface area contributed by atoms with Crippen molar-refractivity contribution in [2.24, 2.45) is 0 Å². The number of hydrogen-bond acceptors (Lipinski definition) is 2. The number of carbonyl (C=O) groups excluding carboxylic acids is 1. The normalized spacial score (nSPS) is 10.4. The summed E-state index contributed by atoms with van der Waals surface area (Å²) in [5.41, 5.74) is 1.41. The minimum absolute atomic E-state index is 0.00995. The highest BCUT2D eigenvalue weighted by molar-refractivity contribution is 6.05. The Morgan fingerprint density at radius 3 is 3.00 bits per heavy atom. The van der Waals surface area contributed by atoms with E-state index in [4.69, 9.17) is 0 Å². The van der Waals surface area contributed by atoms with Crippen LogP contribution in [0.1, 0.15) is 10.4 Å². The Morgan fingerprint density at radius 2 is 2.29 bits per heavy atom. The van der Waals surface area contributed by atoms with Crippen molar-refractivity contribution >= 4 is 16.9 Å². The van der Waals surface area contributed by atoms with Crippen molar-refractivity contribution in [2.45, 2.75) is 0 Å². The molecule has 2 rings (SSSR count). The highest BCUT2D eigenvalue weighted by Crippen LogP contribution is 2.16. The minimum atomic E-state index is -0.00995. The molecule has 0 aliphatic rings. The Bertz CT molecular complexity index is 473. The fraction of sp³-hybridized carbons (Fsp3) is 0.200. The van der Waals surface area contributed by atoms with Crippen LogP contribution in [0.15, 0.2) is 24.5 Å². The molecule has 0 aliphatic carbocycles. The Morgan fingerprint density at radius 1 is 1.50 bits per heavy atom. The molecule has 1 N–H and O–H groups in total. The van der Waals surface area contributed by atoms with Crippen LogP contribution in [0.5, 0.6) is 0 Å². The van der Waals surface area contributed by atoms with Gasteiger partial charge < -0.3 is 9.88 Å². The maximum atomic E-state index is 11.7. The van der Waals surface area contributed by atoms with Gasteiger partial charge in [-0.1, -0.05) is 0 Å². The van der Waals surface area contributed by atoms with Crippen LogP contribution in [0.3, 0.4) is 0 Å². The van der Waals surface area contributed by atoms with Crippen molar-refractivity contribution < 1.29 is 4.79 Å². The number of nitrogens with zero attached hydrogens (tertiary/aromatic N) is 2. The van der Waals surface area contributed by atoms with Gasteiger partial charge in [-0.3, -0.25) is 4.79 Å². The zero-order valence-electron chi connectivity index (χ0n) is 8.11. The van der Waals surface area contributed by atoms with E-state index < -0.39 is 0 Å². The number of pyridine rings is 1. The maximum Gasteiger partial charge on any atom is 0.255 e. The second-order valence-electron chi connectivity index (χ2n) is 3.30. The highest BCUT2D eigenvalue weighted by atomic mass is 16.2. The summed E-state index contributed by atoms with van der Waals surface area (Å²) in [6.45, 7) is 0. The monoisotopic (exact) mass is 189 g/mol. The van der Waals surface area contributed by atoms with E-state index in [2.05, 4.69) is 9.97 Å². The van der Waals surface area contributed by atoms with Crippen molar-refractivity contribution in [3.63, 3.8) is 0 Å². The summed E-state index contributed by atoms with van der Waals surface area (Å²) in [5.74, 6) is -0.00995. The summed E-state index contributed by atoms with van der Waals surface area (Å²) in [7, 11) is 3.47. The molecule has 0 saturated carbocycles. The third-order valence-electron chi connectivity index (χ3n) is 2.09. The molecule has 0 bridgehead atoms. The predicted molar refractivity (Wildman–Crippen MR) is 54.1 cm³/mol. The van der Waals surface area contributed by atoms with Crippen molar-refractivity contribution in [1.29, 1.82) is 0 Å². The topological polar surface area (TPSA) is 49.0 Å². The third-order valence-corrected chi connectivity index (χ3v) is 2.09. The summed E-state index contributed by atoms with van der Waals surface area (Å²) >= 11 is 0. The van der Waals surface area contributed by atoms with Gasteiger partial charge in [0.05, 0.1) is 5.56 Å². The Kier molecular flexibility index (Phi) is 1.96. The van der Waals surface area contributed by atoms with Crippen LogP contribution in [0.4, 0.5) is 0 Å². The molecule has 0 aromatic carbocycles. The molecule has 4 heteroatoms. The van der Waals surface area contributed by atoms with Crippen molar-refractivity contribution in [1.82, 2.24) is 14.9 Å². The van der Waals surface area contributed by atoms with Crippen molar-refractivity contribution in [3.8, 4) is 0 Å². The van der Waals surface area contributed by atoms with E-state index >= 15 is 0 Å². The molecular formula is C10H11N3O. The number of fused-ring (bicyclic) bond motifs is 1. The SMILES string of the molecule is CN(C)C(=O)c1c[nH]c2ncccc12. The first-order chi connectivity index (χ1) is 6.70. The average Bonchev–Trinajstić information content (AvgIpc) is 2.60. The lowest BCUT2D eigenvalue weighted by atomic mass is 10.2. The predicted octanol–water partition coefficient (Wildman–Crippen LogP) is 1.26. The maximum absolute atomic E-state index is 11.7. The van der Waals surface area contributed by atoms with Gasteiger partial charge in [-0.15, -0.1) is 0 Å². The molecule has 2 aromatic heterocycles.